The molecule has 0 amide bonds. The van der Waals surface area contributed by atoms with Crippen LogP contribution in [0.4, 0.5) is 0 Å². The fraction of sp³-hybridized carbons (Fsp3) is 0.640. The third-order valence-corrected chi connectivity index (χ3v) is 18.6. The number of hydrogen-bond donors (Lipinski definition) is 3. The maximum absolute atomic E-state index is 13.1. The molecule has 0 aromatic heterocycles. The Morgan fingerprint density at radius 3 is 0.796 bits per heavy atom. The van der Waals surface area contributed by atoms with Gasteiger partial charge in [-0.05, 0) is 167 Å². The lowest BCUT2D eigenvalue weighted by Crippen LogP contribution is -2.30. The van der Waals surface area contributed by atoms with Crippen LogP contribution in [0.1, 0.15) is 310 Å². The van der Waals surface area contributed by atoms with Gasteiger partial charge in [0.2, 0.25) is 0 Å². The summed E-state index contributed by atoms with van der Waals surface area (Å²) < 4.78 is 68.6. The lowest BCUT2D eigenvalue weighted by atomic mass is 10.1. The summed E-state index contributed by atoms with van der Waals surface area (Å²) in [5, 5.41) is 10.7. The molecule has 19 heteroatoms. The van der Waals surface area contributed by atoms with Crippen LogP contribution in [0.15, 0.2) is 170 Å². The zero-order valence-electron chi connectivity index (χ0n) is 67.2. The highest BCUT2D eigenvalue weighted by Gasteiger charge is 2.30. The van der Waals surface area contributed by atoms with Gasteiger partial charge in [-0.1, -0.05) is 288 Å². The number of aliphatic hydroxyl groups excluding tert-OH is 1. The first kappa shape index (κ1) is 102. The topological polar surface area (TPSA) is 237 Å². The molecule has 0 aromatic carbocycles. The van der Waals surface area contributed by atoms with Gasteiger partial charge in [0, 0.05) is 25.7 Å². The van der Waals surface area contributed by atoms with Crippen LogP contribution in [-0.4, -0.2) is 96.7 Å². The lowest BCUT2D eigenvalue weighted by Gasteiger charge is -2.21. The van der Waals surface area contributed by atoms with Gasteiger partial charge in [0.1, 0.15) is 19.3 Å². The Hall–Kier alpha value is -5.58. The van der Waals surface area contributed by atoms with Gasteiger partial charge in [0.15, 0.2) is 12.2 Å². The molecule has 3 N–H and O–H groups in total. The van der Waals surface area contributed by atoms with E-state index in [1.54, 1.807) is 0 Å². The Labute approximate surface area is 654 Å². The molecule has 0 aromatic rings. The first-order valence-electron chi connectivity index (χ1n) is 41.4. The molecule has 0 saturated carbocycles. The molecule has 0 rings (SSSR count). The van der Waals surface area contributed by atoms with E-state index >= 15 is 0 Å². The fourth-order valence-electron chi connectivity index (χ4n) is 10.4. The molecule has 0 radical (unpaired) electrons. The number of unbranched alkanes of at least 4 members (excludes halogenated alkanes) is 22. The molecule has 17 nitrogen and oxygen atoms in total. The molecule has 108 heavy (non-hydrogen) atoms. The van der Waals surface area contributed by atoms with Gasteiger partial charge in [-0.25, -0.2) is 9.13 Å². The number of esters is 4. The molecule has 0 heterocycles. The number of phosphoric ester groups is 2. The third kappa shape index (κ3) is 78.5. The van der Waals surface area contributed by atoms with E-state index in [0.29, 0.717) is 32.1 Å². The van der Waals surface area contributed by atoms with Crippen molar-refractivity contribution in [1.82, 2.24) is 0 Å². The largest absolute Gasteiger partial charge is 0.472 e. The maximum Gasteiger partial charge on any atom is 0.472 e. The minimum atomic E-state index is -5.01. The molecule has 0 bridgehead atoms. The summed E-state index contributed by atoms with van der Waals surface area (Å²) in [4.78, 5) is 73.1. The highest BCUT2D eigenvalue weighted by Crippen LogP contribution is 2.45. The first-order valence-corrected chi connectivity index (χ1v) is 44.4. The van der Waals surface area contributed by atoms with Gasteiger partial charge < -0.3 is 33.8 Å². The zero-order chi connectivity index (χ0) is 78.9. The van der Waals surface area contributed by atoms with Crippen LogP contribution >= 0.6 is 15.6 Å². The second-order valence-corrected chi connectivity index (χ2v) is 29.8. The highest BCUT2D eigenvalue weighted by atomic mass is 31.2. The normalized spacial score (nSPS) is 14.7. The van der Waals surface area contributed by atoms with E-state index in [1.165, 1.54) is 38.5 Å². The van der Waals surface area contributed by atoms with Gasteiger partial charge in [-0.3, -0.25) is 37.3 Å². The van der Waals surface area contributed by atoms with Crippen molar-refractivity contribution in [3.8, 4) is 0 Å². The van der Waals surface area contributed by atoms with Gasteiger partial charge in [-0.2, -0.15) is 0 Å². The van der Waals surface area contributed by atoms with E-state index in [1.807, 2.05) is 18.2 Å². The van der Waals surface area contributed by atoms with E-state index in [9.17, 15) is 43.2 Å². The molecule has 5 unspecified atom stereocenters. The van der Waals surface area contributed by atoms with Crippen molar-refractivity contribution in [2.45, 2.75) is 329 Å². The molecule has 614 valence electrons. The van der Waals surface area contributed by atoms with Crippen molar-refractivity contribution in [1.29, 1.82) is 0 Å². The van der Waals surface area contributed by atoms with E-state index in [2.05, 4.69) is 180 Å². The average Bonchev–Trinajstić information content (AvgIpc) is 0.923. The molecule has 0 saturated heterocycles. The molecule has 5 atom stereocenters. The van der Waals surface area contributed by atoms with Crippen molar-refractivity contribution < 1.29 is 80.2 Å². The van der Waals surface area contributed by atoms with Crippen LogP contribution in [0.25, 0.3) is 0 Å². The van der Waals surface area contributed by atoms with Crippen molar-refractivity contribution in [2.24, 2.45) is 0 Å². The quantitative estimate of drug-likeness (QED) is 0.0169. The van der Waals surface area contributed by atoms with Gasteiger partial charge in [0.05, 0.1) is 26.4 Å². The number of phosphoric acid groups is 2. The number of hydrogen-bond acceptors (Lipinski definition) is 15. The number of aliphatic hydroxyl groups is 1. The standard InChI is InChI=1S/C89H146O17P2/c1-5-9-13-17-21-25-29-33-37-39-41-43-47-49-53-57-61-65-69-73-86(91)99-79-84(105-88(93)75-71-67-63-59-55-51-45-35-31-27-23-19-15-11-7-3)81-103-107(95,96)101-77-83(90)78-102-108(97,98)104-82-85(106-89(94)76-72-68-64-60-56-52-46-36-32-28-24-20-16-12-8-4)80-100-87(92)74-70-66-62-58-54-50-48-44-42-40-38-34-30-26-22-18-14-10-6-2/h9,12-13,16,21-28,33-38,41-46,49,53,61,65,83-85,90H,5-8,10-11,14-15,17-20,29-32,39-40,47-48,50-52,54-60,62-64,66-82H2,1-4H3,(H,95,96)(H,97,98)/b13-9-,16-12-,25-21-,26-22-,27-23-,28-24-,37-33-,38-34-,43-41-,44-42-,45-35-,46-36-,53-49-,65-61-. The van der Waals surface area contributed by atoms with Gasteiger partial charge in [0.25, 0.3) is 0 Å². The predicted molar refractivity (Wildman–Crippen MR) is 445 cm³/mol. The molecule has 0 aliphatic heterocycles. The molecular formula is C89H146O17P2. The summed E-state index contributed by atoms with van der Waals surface area (Å²) in [6, 6.07) is 0. The molecule has 0 aliphatic carbocycles. The van der Waals surface area contributed by atoms with E-state index < -0.39 is 97.5 Å². The SMILES string of the molecule is CC/C=C\C/C=C\C/C=C\C/C=C\C/C=C\C/C=C\CCC(=O)OCC(COP(=O)(O)OCC(O)COP(=O)(O)OCC(COC(=O)CCCCCCCC/C=C\C/C=C\C/C=C\CCCCC)OC(=O)CCCCCCC/C=C\C/C=C\C/C=C\CC)OC(=O)CCCCCCC/C=C\C/C=C\CCCCC. The van der Waals surface area contributed by atoms with Crippen LogP contribution in [0, 0.1) is 0 Å². The number of rotatable bonds is 76. The number of carbonyl (C=O) groups excluding carboxylic acids is 4. The second kappa shape index (κ2) is 79.5. The second-order valence-electron chi connectivity index (χ2n) is 26.9. The van der Waals surface area contributed by atoms with Crippen molar-refractivity contribution in [3.63, 3.8) is 0 Å². The first-order chi connectivity index (χ1) is 52.7. The maximum atomic E-state index is 13.1. The third-order valence-electron chi connectivity index (χ3n) is 16.7. The number of carbonyl (C=O) groups is 4. The molecule has 0 spiro atoms. The summed E-state index contributed by atoms with van der Waals surface area (Å²) in [6.07, 6.45) is 94.8. The predicted octanol–water partition coefficient (Wildman–Crippen LogP) is 24.6. The van der Waals surface area contributed by atoms with Crippen LogP contribution in [0.3, 0.4) is 0 Å². The Kier molecular flexibility index (Phi) is 75.4. The average molecular weight is 1550 g/mol. The molecule has 0 aliphatic rings. The van der Waals surface area contributed by atoms with E-state index in [4.69, 9.17) is 37.0 Å². The Balaban J connectivity index is 5.47. The van der Waals surface area contributed by atoms with E-state index in [-0.39, 0.29) is 25.7 Å². The van der Waals surface area contributed by atoms with Crippen molar-refractivity contribution in [3.05, 3.63) is 170 Å². The zero-order valence-corrected chi connectivity index (χ0v) is 69.0. The minimum absolute atomic E-state index is 0.0273. The minimum Gasteiger partial charge on any atom is -0.462 e. The van der Waals surface area contributed by atoms with Crippen molar-refractivity contribution >= 4 is 39.5 Å². The van der Waals surface area contributed by atoms with Crippen molar-refractivity contribution in [2.75, 3.05) is 39.6 Å². The Bertz CT molecular complexity index is 2710. The lowest BCUT2D eigenvalue weighted by molar-refractivity contribution is -0.161. The van der Waals surface area contributed by atoms with Crippen LogP contribution in [-0.2, 0) is 65.4 Å². The summed E-state index contributed by atoms with van der Waals surface area (Å²) in [6.45, 7) is 4.46. The molecule has 0 fully saturated rings. The summed E-state index contributed by atoms with van der Waals surface area (Å²) in [5.74, 6) is -2.33. The Morgan fingerprint density at radius 1 is 0.269 bits per heavy atom. The van der Waals surface area contributed by atoms with E-state index in [0.717, 1.165) is 186 Å². The number of ether oxygens (including phenoxy) is 4. The van der Waals surface area contributed by atoms with Crippen LogP contribution in [0.2, 0.25) is 0 Å². The smallest absolute Gasteiger partial charge is 0.462 e. The van der Waals surface area contributed by atoms with Gasteiger partial charge >= 0.3 is 39.5 Å². The van der Waals surface area contributed by atoms with Crippen LogP contribution < -0.4 is 0 Å². The van der Waals surface area contributed by atoms with Gasteiger partial charge in [-0.15, -0.1) is 0 Å². The monoisotopic (exact) mass is 1550 g/mol. The molecular weight excluding hydrogens is 1400 g/mol. The summed E-state index contributed by atoms with van der Waals surface area (Å²) in [7, 11) is -10.0. The van der Waals surface area contributed by atoms with Crippen LogP contribution in [0.5, 0.6) is 0 Å². The fourth-order valence-corrected chi connectivity index (χ4v) is 12.0. The highest BCUT2D eigenvalue weighted by molar-refractivity contribution is 7.47. The summed E-state index contributed by atoms with van der Waals surface area (Å²) in [5.41, 5.74) is 0. The summed E-state index contributed by atoms with van der Waals surface area (Å²) >= 11 is 0. The Morgan fingerprint density at radius 2 is 0.500 bits per heavy atom. The number of allylic oxidation sites excluding steroid dienone is 28.